The van der Waals surface area contributed by atoms with Gasteiger partial charge in [-0.25, -0.2) is 13.6 Å². The molecule has 30 heavy (non-hydrogen) atoms. The molecule has 4 rings (SSSR count). The van der Waals surface area contributed by atoms with Gasteiger partial charge in [-0.3, -0.25) is 9.56 Å². The lowest BCUT2D eigenvalue weighted by atomic mass is 10.0. The Balaban J connectivity index is 1.78. The molecular formula is C21H16ClF2N3O3. The molecule has 0 bridgehead atoms. The van der Waals surface area contributed by atoms with E-state index in [2.05, 4.69) is 9.98 Å². The van der Waals surface area contributed by atoms with Crippen molar-refractivity contribution in [1.29, 1.82) is 0 Å². The van der Waals surface area contributed by atoms with E-state index in [-0.39, 0.29) is 11.3 Å². The van der Waals surface area contributed by atoms with Gasteiger partial charge in [-0.2, -0.15) is 0 Å². The molecule has 1 aromatic heterocycles. The van der Waals surface area contributed by atoms with Gasteiger partial charge in [-0.05, 0) is 42.3 Å². The van der Waals surface area contributed by atoms with Crippen LogP contribution in [0.25, 0.3) is 11.6 Å². The number of aromatic amines is 1. The molecule has 9 heteroatoms. The number of hydrogen-bond acceptors (Lipinski definition) is 4. The van der Waals surface area contributed by atoms with Crippen molar-refractivity contribution in [2.75, 3.05) is 6.61 Å². The summed E-state index contributed by atoms with van der Waals surface area (Å²) in [6.45, 7) is 1.22. The van der Waals surface area contributed by atoms with E-state index in [1.54, 1.807) is 18.3 Å². The van der Waals surface area contributed by atoms with Crippen molar-refractivity contribution in [3.05, 3.63) is 79.9 Å². The lowest BCUT2D eigenvalue weighted by Gasteiger charge is -2.16. The number of aliphatic hydroxyl groups excluding tert-OH is 1. The van der Waals surface area contributed by atoms with Crippen LogP contribution < -0.4 is 5.69 Å². The maximum absolute atomic E-state index is 13.6. The molecule has 1 atom stereocenters. The molecule has 3 aromatic rings. The van der Waals surface area contributed by atoms with Crippen molar-refractivity contribution in [3.63, 3.8) is 0 Å². The zero-order valence-corrected chi connectivity index (χ0v) is 16.4. The van der Waals surface area contributed by atoms with Gasteiger partial charge in [0.1, 0.15) is 5.69 Å². The summed E-state index contributed by atoms with van der Waals surface area (Å²) in [7, 11) is 0. The number of allylic oxidation sites excluding steroid dienone is 1. The first-order valence-electron chi connectivity index (χ1n) is 8.96. The van der Waals surface area contributed by atoms with Crippen LogP contribution in [0.2, 0.25) is 5.02 Å². The number of aliphatic hydroxyl groups is 1. The third-order valence-electron chi connectivity index (χ3n) is 5.05. The van der Waals surface area contributed by atoms with Gasteiger partial charge in [0.2, 0.25) is 5.88 Å². The van der Waals surface area contributed by atoms with Crippen LogP contribution in [-0.2, 0) is 0 Å². The summed E-state index contributed by atoms with van der Waals surface area (Å²) in [5.74, 6) is -2.63. The lowest BCUT2D eigenvalue weighted by Crippen LogP contribution is -2.25. The van der Waals surface area contributed by atoms with Gasteiger partial charge in [0.05, 0.1) is 18.3 Å². The Bertz CT molecular complexity index is 1280. The van der Waals surface area contributed by atoms with Crippen molar-refractivity contribution in [3.8, 4) is 5.88 Å². The Morgan fingerprint density at radius 2 is 2.03 bits per heavy atom. The summed E-state index contributed by atoms with van der Waals surface area (Å²) in [5.41, 5.74) is 2.43. The fourth-order valence-corrected chi connectivity index (χ4v) is 3.60. The summed E-state index contributed by atoms with van der Waals surface area (Å²) < 4.78 is 27.8. The number of halogens is 3. The summed E-state index contributed by atoms with van der Waals surface area (Å²) >= 11 is 6.12. The number of H-pyrrole nitrogens is 1. The van der Waals surface area contributed by atoms with Gasteiger partial charge in [-0.15, -0.1) is 0 Å². The number of nitrogens with one attached hydrogen (secondary N) is 1. The predicted molar refractivity (Wildman–Crippen MR) is 111 cm³/mol. The van der Waals surface area contributed by atoms with Gasteiger partial charge in [0.25, 0.3) is 0 Å². The van der Waals surface area contributed by atoms with E-state index in [1.807, 2.05) is 6.92 Å². The molecule has 2 heterocycles. The number of rotatable bonds is 4. The molecule has 0 saturated heterocycles. The number of imidazole rings is 1. The predicted octanol–water partition coefficient (Wildman–Crippen LogP) is 3.96. The standard InChI is InChI=1S/C21H16ClF2N3O3/c1-10-14(22)4-3-13-12(8-25-19(10)13)7-17-20(29)27(21(30)26-17)18(9-28)11-2-5-15(23)16(24)6-11/h2-8,18,28-29H,9H2,1H3,(H,26,30)/b12-7+. The smallest absolute Gasteiger partial charge is 0.329 e. The fraction of sp³-hybridized carbons (Fsp3) is 0.143. The van der Waals surface area contributed by atoms with Crippen LogP contribution in [0.15, 0.2) is 40.1 Å². The molecule has 0 radical (unpaired) electrons. The fourth-order valence-electron chi connectivity index (χ4n) is 3.45. The SMILES string of the molecule is Cc1c(Cl)ccc2c1N=C/C2=C\c1[nH]c(=O)n(C(CO)c2ccc(F)c(F)c2)c1O. The number of aromatic hydroxyl groups is 1. The Hall–Kier alpha value is -3.23. The largest absolute Gasteiger partial charge is 0.493 e. The summed E-state index contributed by atoms with van der Waals surface area (Å²) in [4.78, 5) is 19.4. The summed E-state index contributed by atoms with van der Waals surface area (Å²) in [6.07, 6.45) is 3.12. The second-order valence-corrected chi connectivity index (χ2v) is 7.24. The molecular weight excluding hydrogens is 416 g/mol. The van der Waals surface area contributed by atoms with Crippen LogP contribution in [0.5, 0.6) is 5.88 Å². The molecule has 0 fully saturated rings. The maximum Gasteiger partial charge on any atom is 0.329 e. The van der Waals surface area contributed by atoms with Crippen LogP contribution in [0, 0.1) is 18.6 Å². The summed E-state index contributed by atoms with van der Waals surface area (Å²) in [6, 6.07) is 5.42. The van der Waals surface area contributed by atoms with E-state index in [0.717, 1.165) is 27.8 Å². The molecule has 1 aliphatic rings. The Kier molecular flexibility index (Phi) is 5.05. The second kappa shape index (κ2) is 7.55. The Morgan fingerprint density at radius 3 is 2.73 bits per heavy atom. The van der Waals surface area contributed by atoms with E-state index in [0.29, 0.717) is 16.3 Å². The van der Waals surface area contributed by atoms with Crippen LogP contribution in [0.4, 0.5) is 14.5 Å². The molecule has 0 aliphatic carbocycles. The zero-order chi connectivity index (χ0) is 21.6. The van der Waals surface area contributed by atoms with Crippen LogP contribution >= 0.6 is 11.6 Å². The van der Waals surface area contributed by atoms with E-state index >= 15 is 0 Å². The number of aromatic nitrogens is 2. The minimum atomic E-state index is -1.12. The highest BCUT2D eigenvalue weighted by Crippen LogP contribution is 2.39. The normalized spacial score (nSPS) is 15.0. The minimum Gasteiger partial charge on any atom is -0.493 e. The molecule has 0 spiro atoms. The van der Waals surface area contributed by atoms with Crippen molar-refractivity contribution >= 4 is 35.2 Å². The lowest BCUT2D eigenvalue weighted by molar-refractivity contribution is 0.236. The highest BCUT2D eigenvalue weighted by Gasteiger charge is 2.24. The molecule has 6 nitrogen and oxygen atoms in total. The number of benzene rings is 2. The average Bonchev–Trinajstić information content (AvgIpc) is 3.24. The molecule has 0 amide bonds. The topological polar surface area (TPSA) is 90.6 Å². The third kappa shape index (κ3) is 3.24. The first-order valence-corrected chi connectivity index (χ1v) is 9.34. The Morgan fingerprint density at radius 1 is 1.27 bits per heavy atom. The van der Waals surface area contributed by atoms with E-state index in [1.165, 1.54) is 12.1 Å². The number of hydrogen-bond donors (Lipinski definition) is 3. The first kappa shape index (κ1) is 20.1. The highest BCUT2D eigenvalue weighted by atomic mass is 35.5. The van der Waals surface area contributed by atoms with Crippen molar-refractivity contribution in [2.45, 2.75) is 13.0 Å². The monoisotopic (exact) mass is 431 g/mol. The van der Waals surface area contributed by atoms with Gasteiger partial charge < -0.3 is 15.2 Å². The number of fused-ring (bicyclic) bond motifs is 1. The van der Waals surface area contributed by atoms with Crippen molar-refractivity contribution < 1.29 is 19.0 Å². The maximum atomic E-state index is 13.6. The van der Waals surface area contributed by atoms with Crippen LogP contribution in [0.3, 0.4) is 0 Å². The van der Waals surface area contributed by atoms with Gasteiger partial charge in [-0.1, -0.05) is 23.7 Å². The quantitative estimate of drug-likeness (QED) is 0.584. The average molecular weight is 432 g/mol. The Labute approximate surface area is 174 Å². The second-order valence-electron chi connectivity index (χ2n) is 6.84. The van der Waals surface area contributed by atoms with E-state index in [4.69, 9.17) is 11.6 Å². The van der Waals surface area contributed by atoms with Gasteiger partial charge >= 0.3 is 5.69 Å². The third-order valence-corrected chi connectivity index (χ3v) is 5.46. The minimum absolute atomic E-state index is 0.0861. The molecule has 1 unspecified atom stereocenters. The van der Waals surface area contributed by atoms with Gasteiger partial charge in [0.15, 0.2) is 11.6 Å². The van der Waals surface area contributed by atoms with E-state index < -0.39 is 35.9 Å². The summed E-state index contributed by atoms with van der Waals surface area (Å²) in [5, 5.41) is 21.0. The molecule has 1 aliphatic heterocycles. The molecule has 154 valence electrons. The van der Waals surface area contributed by atoms with Crippen molar-refractivity contribution in [2.24, 2.45) is 4.99 Å². The van der Waals surface area contributed by atoms with Crippen LogP contribution in [-0.4, -0.2) is 32.6 Å². The van der Waals surface area contributed by atoms with Gasteiger partial charge in [0, 0.05) is 22.4 Å². The van der Waals surface area contributed by atoms with Crippen LogP contribution in [0.1, 0.15) is 28.4 Å². The van der Waals surface area contributed by atoms with E-state index in [9.17, 15) is 23.8 Å². The molecule has 0 saturated carbocycles. The number of aliphatic imine (C=N–C) groups is 1. The van der Waals surface area contributed by atoms with Crippen molar-refractivity contribution in [1.82, 2.24) is 9.55 Å². The molecule has 3 N–H and O–H groups in total. The first-order chi connectivity index (χ1) is 14.3. The molecule has 2 aromatic carbocycles. The number of nitrogens with zero attached hydrogens (tertiary/aromatic N) is 2. The zero-order valence-electron chi connectivity index (χ0n) is 15.7. The highest BCUT2D eigenvalue weighted by molar-refractivity contribution is 6.32.